The first kappa shape index (κ1) is 14.8. The van der Waals surface area contributed by atoms with Gasteiger partial charge in [-0.05, 0) is 37.2 Å². The van der Waals surface area contributed by atoms with Gasteiger partial charge in [0.15, 0.2) is 0 Å². The molecular weight excluding hydrogens is 273 g/mol. The van der Waals surface area contributed by atoms with Gasteiger partial charge in [-0.15, -0.1) is 0 Å². The van der Waals surface area contributed by atoms with Gasteiger partial charge in [-0.1, -0.05) is 0 Å². The van der Waals surface area contributed by atoms with Crippen LogP contribution in [0.25, 0.3) is 0 Å². The van der Waals surface area contributed by atoms with E-state index >= 15 is 0 Å². The van der Waals surface area contributed by atoms with Crippen LogP contribution in [0, 0.1) is 0 Å². The Labute approximate surface area is 114 Å². The van der Waals surface area contributed by atoms with E-state index in [1.54, 1.807) is 0 Å². The number of alkyl halides is 3. The van der Waals surface area contributed by atoms with Gasteiger partial charge in [-0.3, -0.25) is 4.79 Å². The van der Waals surface area contributed by atoms with Gasteiger partial charge < -0.3 is 15.7 Å². The van der Waals surface area contributed by atoms with E-state index in [9.17, 15) is 23.1 Å². The van der Waals surface area contributed by atoms with Crippen LogP contribution in [0.2, 0.25) is 0 Å². The smallest absolute Gasteiger partial charge is 0.387 e. The molecule has 20 heavy (non-hydrogen) atoms. The van der Waals surface area contributed by atoms with Crippen molar-refractivity contribution in [3.63, 3.8) is 0 Å². The first-order valence-corrected chi connectivity index (χ1v) is 6.19. The van der Waals surface area contributed by atoms with E-state index in [1.807, 2.05) is 0 Å². The standard InChI is InChI=1S/C13H15F3N2O2/c14-13(15,16)10-3-1-9(2-4-10)11(19)18-8-12(20)5-6-17-7-12/h1-4,17,20H,5-8H2,(H,18,19)/t12-/m0/s1. The van der Waals surface area contributed by atoms with E-state index < -0.39 is 23.2 Å². The van der Waals surface area contributed by atoms with Crippen molar-refractivity contribution in [3.8, 4) is 0 Å². The Morgan fingerprint density at radius 3 is 2.50 bits per heavy atom. The number of hydrogen-bond donors (Lipinski definition) is 3. The van der Waals surface area contributed by atoms with Crippen molar-refractivity contribution in [2.24, 2.45) is 0 Å². The zero-order chi connectivity index (χ0) is 14.8. The topological polar surface area (TPSA) is 61.4 Å². The predicted octanol–water partition coefficient (Wildman–Crippen LogP) is 1.16. The zero-order valence-corrected chi connectivity index (χ0v) is 10.6. The van der Waals surface area contributed by atoms with Gasteiger partial charge in [0.25, 0.3) is 5.91 Å². The van der Waals surface area contributed by atoms with Crippen LogP contribution < -0.4 is 10.6 Å². The molecule has 0 spiro atoms. The normalized spacial score (nSPS) is 22.8. The summed E-state index contributed by atoms with van der Waals surface area (Å²) in [4.78, 5) is 11.8. The minimum atomic E-state index is -4.42. The average Bonchev–Trinajstić information content (AvgIpc) is 2.83. The molecule has 0 bridgehead atoms. The summed E-state index contributed by atoms with van der Waals surface area (Å²) in [6.45, 7) is 1.13. The minimum absolute atomic E-state index is 0.0693. The maximum atomic E-state index is 12.4. The summed E-state index contributed by atoms with van der Waals surface area (Å²) >= 11 is 0. The summed E-state index contributed by atoms with van der Waals surface area (Å²) in [5, 5.41) is 15.5. The summed E-state index contributed by atoms with van der Waals surface area (Å²) in [7, 11) is 0. The zero-order valence-electron chi connectivity index (χ0n) is 10.6. The fourth-order valence-corrected chi connectivity index (χ4v) is 2.04. The van der Waals surface area contributed by atoms with Crippen LogP contribution in [0.1, 0.15) is 22.3 Å². The highest BCUT2D eigenvalue weighted by molar-refractivity contribution is 5.94. The van der Waals surface area contributed by atoms with E-state index in [0.29, 0.717) is 19.5 Å². The molecule has 7 heteroatoms. The van der Waals surface area contributed by atoms with Crippen LogP contribution in [0.3, 0.4) is 0 Å². The molecular formula is C13H15F3N2O2. The molecule has 0 aromatic heterocycles. The van der Waals surface area contributed by atoms with Gasteiger partial charge in [0.05, 0.1) is 11.2 Å². The van der Waals surface area contributed by atoms with Crippen LogP contribution >= 0.6 is 0 Å². The number of amides is 1. The number of nitrogens with one attached hydrogen (secondary N) is 2. The molecule has 1 aromatic carbocycles. The Morgan fingerprint density at radius 2 is 2.00 bits per heavy atom. The SMILES string of the molecule is O=C(NC[C@]1(O)CCNC1)c1ccc(C(F)(F)F)cc1. The van der Waals surface area contributed by atoms with Crippen LogP contribution in [-0.4, -0.2) is 36.2 Å². The number of halogens is 3. The highest BCUT2D eigenvalue weighted by Gasteiger charge is 2.32. The van der Waals surface area contributed by atoms with Gasteiger partial charge in [0.1, 0.15) is 0 Å². The number of rotatable bonds is 3. The van der Waals surface area contributed by atoms with Crippen molar-refractivity contribution in [1.29, 1.82) is 0 Å². The summed E-state index contributed by atoms with van der Waals surface area (Å²) in [5.74, 6) is -0.501. The van der Waals surface area contributed by atoms with Crippen LogP contribution in [0.15, 0.2) is 24.3 Å². The number of hydrogen-bond acceptors (Lipinski definition) is 3. The molecule has 0 saturated carbocycles. The summed E-state index contributed by atoms with van der Waals surface area (Å²) in [6.07, 6.45) is -3.89. The molecule has 1 aliphatic rings. The first-order chi connectivity index (χ1) is 9.30. The fourth-order valence-electron chi connectivity index (χ4n) is 2.04. The maximum absolute atomic E-state index is 12.4. The van der Waals surface area contributed by atoms with E-state index in [1.165, 1.54) is 0 Å². The molecule has 0 aliphatic carbocycles. The van der Waals surface area contributed by atoms with E-state index in [4.69, 9.17) is 0 Å². The summed E-state index contributed by atoms with van der Waals surface area (Å²) < 4.78 is 37.1. The molecule has 0 unspecified atom stereocenters. The number of aliphatic hydroxyl groups is 1. The predicted molar refractivity (Wildman–Crippen MR) is 66.2 cm³/mol. The van der Waals surface area contributed by atoms with Crippen molar-refractivity contribution in [2.75, 3.05) is 19.6 Å². The molecule has 0 radical (unpaired) electrons. The molecule has 1 aliphatic heterocycles. The van der Waals surface area contributed by atoms with Crippen molar-refractivity contribution in [3.05, 3.63) is 35.4 Å². The largest absolute Gasteiger partial charge is 0.416 e. The highest BCUT2D eigenvalue weighted by atomic mass is 19.4. The fraction of sp³-hybridized carbons (Fsp3) is 0.462. The van der Waals surface area contributed by atoms with Crippen LogP contribution in [0.5, 0.6) is 0 Å². The second-order valence-electron chi connectivity index (χ2n) is 4.91. The van der Waals surface area contributed by atoms with E-state index in [0.717, 1.165) is 24.3 Å². The minimum Gasteiger partial charge on any atom is -0.387 e. The molecule has 1 saturated heterocycles. The van der Waals surface area contributed by atoms with E-state index in [2.05, 4.69) is 10.6 Å². The Bertz CT molecular complexity index is 479. The van der Waals surface area contributed by atoms with Gasteiger partial charge in [-0.25, -0.2) is 0 Å². The molecule has 1 atom stereocenters. The van der Waals surface area contributed by atoms with Crippen molar-refractivity contribution in [1.82, 2.24) is 10.6 Å². The third-order valence-corrected chi connectivity index (χ3v) is 3.27. The maximum Gasteiger partial charge on any atom is 0.416 e. The van der Waals surface area contributed by atoms with Gasteiger partial charge in [0.2, 0.25) is 0 Å². The molecule has 1 heterocycles. The number of carbonyl (C=O) groups excluding carboxylic acids is 1. The Morgan fingerprint density at radius 1 is 1.35 bits per heavy atom. The number of benzene rings is 1. The molecule has 2 rings (SSSR count). The van der Waals surface area contributed by atoms with Crippen LogP contribution in [0.4, 0.5) is 13.2 Å². The van der Waals surface area contributed by atoms with Crippen molar-refractivity contribution >= 4 is 5.91 Å². The highest BCUT2D eigenvalue weighted by Crippen LogP contribution is 2.29. The summed E-state index contributed by atoms with van der Waals surface area (Å²) in [6, 6.07) is 3.96. The lowest BCUT2D eigenvalue weighted by Gasteiger charge is -2.21. The molecule has 4 nitrogen and oxygen atoms in total. The quantitative estimate of drug-likeness (QED) is 0.782. The molecule has 1 aromatic rings. The first-order valence-electron chi connectivity index (χ1n) is 6.19. The van der Waals surface area contributed by atoms with Gasteiger partial charge in [0, 0.05) is 18.7 Å². The van der Waals surface area contributed by atoms with Gasteiger partial charge >= 0.3 is 6.18 Å². The lowest BCUT2D eigenvalue weighted by atomic mass is 10.0. The third-order valence-electron chi connectivity index (χ3n) is 3.27. The second kappa shape index (κ2) is 5.41. The lowest BCUT2D eigenvalue weighted by molar-refractivity contribution is -0.137. The molecule has 3 N–H and O–H groups in total. The van der Waals surface area contributed by atoms with Gasteiger partial charge in [-0.2, -0.15) is 13.2 Å². The molecule has 1 fully saturated rings. The Hall–Kier alpha value is -1.60. The van der Waals surface area contributed by atoms with Crippen molar-refractivity contribution in [2.45, 2.75) is 18.2 Å². The molecule has 1 amide bonds. The molecule has 110 valence electrons. The Balaban J connectivity index is 1.96. The van der Waals surface area contributed by atoms with E-state index in [-0.39, 0.29) is 12.1 Å². The average molecular weight is 288 g/mol. The number of carbonyl (C=O) groups is 1. The Kier molecular flexibility index (Phi) is 4.01. The second-order valence-corrected chi connectivity index (χ2v) is 4.91. The third kappa shape index (κ3) is 3.49. The lowest BCUT2D eigenvalue weighted by Crippen LogP contribution is -2.44. The van der Waals surface area contributed by atoms with Crippen LogP contribution in [-0.2, 0) is 6.18 Å². The number of β-amino-alcohol motifs (C(OH)–C–C–N with tert-alkyl or cyclic N) is 1. The summed E-state index contributed by atoms with van der Waals surface area (Å²) in [5.41, 5.74) is -1.65. The monoisotopic (exact) mass is 288 g/mol. The van der Waals surface area contributed by atoms with Crippen molar-refractivity contribution < 1.29 is 23.1 Å².